The van der Waals surface area contributed by atoms with E-state index in [1.54, 1.807) is 51.4 Å². The fourth-order valence-corrected chi connectivity index (χ4v) is 4.46. The molecule has 8 nitrogen and oxygen atoms in total. The van der Waals surface area contributed by atoms with E-state index in [9.17, 15) is 14.0 Å². The Hall–Kier alpha value is -4.50. The van der Waals surface area contributed by atoms with Crippen molar-refractivity contribution in [1.82, 2.24) is 15.6 Å². The largest absolute Gasteiger partial charge is 0.496 e. The van der Waals surface area contributed by atoms with Gasteiger partial charge in [0, 0.05) is 49.5 Å². The van der Waals surface area contributed by atoms with Crippen LogP contribution in [0.2, 0.25) is 0 Å². The van der Waals surface area contributed by atoms with E-state index in [4.69, 9.17) is 4.74 Å². The summed E-state index contributed by atoms with van der Waals surface area (Å²) in [7, 11) is 1.64. The maximum Gasteiger partial charge on any atom is 0.287 e. The lowest BCUT2D eigenvalue weighted by atomic mass is 10.1. The van der Waals surface area contributed by atoms with Gasteiger partial charge in [-0.1, -0.05) is 18.2 Å². The predicted octanol–water partition coefficient (Wildman–Crippen LogP) is 4.33. The second-order valence-electron chi connectivity index (χ2n) is 9.71. The predicted molar refractivity (Wildman–Crippen MR) is 155 cm³/mol. The normalized spacial score (nSPS) is 13.7. The number of piperazine rings is 1. The molecule has 208 valence electrons. The monoisotopic (exact) mass is 543 g/mol. The molecule has 2 N–H and O–H groups in total. The number of hydrogen-bond donors (Lipinski definition) is 2. The van der Waals surface area contributed by atoms with Crippen LogP contribution in [0.5, 0.6) is 5.75 Å². The van der Waals surface area contributed by atoms with Crippen LogP contribution in [0.25, 0.3) is 0 Å². The Balaban J connectivity index is 1.35. The Morgan fingerprint density at radius 3 is 2.33 bits per heavy atom. The van der Waals surface area contributed by atoms with Crippen LogP contribution >= 0.6 is 0 Å². The van der Waals surface area contributed by atoms with Crippen LogP contribution in [0.15, 0.2) is 89.2 Å². The first-order chi connectivity index (χ1) is 19.3. The Labute approximate surface area is 234 Å². The number of hydrogen-bond acceptors (Lipinski definition) is 6. The summed E-state index contributed by atoms with van der Waals surface area (Å²) in [5, 5.41) is 6.80. The van der Waals surface area contributed by atoms with Crippen LogP contribution in [0.1, 0.15) is 35.3 Å². The van der Waals surface area contributed by atoms with Crippen LogP contribution in [0.3, 0.4) is 0 Å². The van der Waals surface area contributed by atoms with Crippen LogP contribution in [0, 0.1) is 5.82 Å². The van der Waals surface area contributed by atoms with Gasteiger partial charge in [-0.3, -0.25) is 14.5 Å². The standard InChI is InChI=1S/C31H34FN5O3/c1-22(2)29(34-30(38)24-7-5-4-6-8-24)31(39)35-33-20-23-9-14-28(40-3)25(19-23)21-36-15-17-37(18-16-36)27-12-10-26(32)11-13-27/h4-14,19-20H,15-18,21H2,1-3H3,(H,34,38)(H,35,39)/b33-20-. The molecule has 3 aromatic carbocycles. The minimum atomic E-state index is -0.506. The van der Waals surface area contributed by atoms with E-state index < -0.39 is 5.91 Å². The molecule has 0 unspecified atom stereocenters. The number of carbonyl (C=O) groups excluding carboxylic acids is 2. The summed E-state index contributed by atoms with van der Waals surface area (Å²) in [6, 6.07) is 21.0. The van der Waals surface area contributed by atoms with E-state index in [-0.39, 0.29) is 17.4 Å². The number of anilines is 1. The van der Waals surface area contributed by atoms with Crippen molar-refractivity contribution in [2.45, 2.75) is 20.4 Å². The van der Waals surface area contributed by atoms with Crippen molar-refractivity contribution in [3.63, 3.8) is 0 Å². The van der Waals surface area contributed by atoms with Gasteiger partial charge >= 0.3 is 0 Å². The van der Waals surface area contributed by atoms with Gasteiger partial charge in [0.2, 0.25) is 0 Å². The number of rotatable bonds is 9. The summed E-state index contributed by atoms with van der Waals surface area (Å²) in [6.07, 6.45) is 1.56. The average molecular weight is 544 g/mol. The molecule has 40 heavy (non-hydrogen) atoms. The lowest BCUT2D eigenvalue weighted by Crippen LogP contribution is -2.46. The number of amides is 2. The molecule has 0 aliphatic carbocycles. The van der Waals surface area contributed by atoms with Gasteiger partial charge in [0.05, 0.1) is 13.3 Å². The molecular weight excluding hydrogens is 509 g/mol. The van der Waals surface area contributed by atoms with E-state index in [1.807, 2.05) is 36.4 Å². The molecule has 4 rings (SSSR count). The fraction of sp³-hybridized carbons (Fsp3) is 0.258. The fourth-order valence-electron chi connectivity index (χ4n) is 4.46. The van der Waals surface area contributed by atoms with E-state index in [2.05, 4.69) is 25.6 Å². The highest BCUT2D eigenvalue weighted by atomic mass is 19.1. The molecule has 0 spiro atoms. The molecule has 1 saturated heterocycles. The lowest BCUT2D eigenvalue weighted by molar-refractivity contribution is -0.117. The number of halogens is 1. The molecule has 1 aliphatic rings. The zero-order chi connectivity index (χ0) is 28.5. The van der Waals surface area contributed by atoms with E-state index in [1.165, 1.54) is 12.1 Å². The minimum absolute atomic E-state index is 0.154. The van der Waals surface area contributed by atoms with Gasteiger partial charge in [0.1, 0.15) is 17.3 Å². The van der Waals surface area contributed by atoms with Crippen LogP contribution in [-0.4, -0.2) is 56.2 Å². The number of nitrogens with one attached hydrogen (secondary N) is 2. The second-order valence-corrected chi connectivity index (χ2v) is 9.71. The molecular formula is C31H34FN5O3. The SMILES string of the molecule is COc1ccc(/C=N\NC(=O)C(NC(=O)c2ccccc2)=C(C)C)cc1CN1CCN(c2ccc(F)cc2)CC1. The molecule has 2 amide bonds. The Kier molecular flexibility index (Phi) is 9.64. The zero-order valence-electron chi connectivity index (χ0n) is 23.0. The van der Waals surface area contributed by atoms with Gasteiger partial charge in [-0.25, -0.2) is 9.82 Å². The van der Waals surface area contributed by atoms with Gasteiger partial charge < -0.3 is 15.0 Å². The van der Waals surface area contributed by atoms with Crippen molar-refractivity contribution in [3.8, 4) is 5.75 Å². The van der Waals surface area contributed by atoms with E-state index in [0.29, 0.717) is 17.7 Å². The van der Waals surface area contributed by atoms with Gasteiger partial charge in [0.25, 0.3) is 11.8 Å². The minimum Gasteiger partial charge on any atom is -0.496 e. The smallest absolute Gasteiger partial charge is 0.287 e. The molecule has 0 aromatic heterocycles. The number of nitrogens with zero attached hydrogens (tertiary/aromatic N) is 3. The molecule has 9 heteroatoms. The number of benzene rings is 3. The van der Waals surface area contributed by atoms with Gasteiger partial charge in [0.15, 0.2) is 0 Å². The summed E-state index contributed by atoms with van der Waals surface area (Å²) >= 11 is 0. The Morgan fingerprint density at radius 1 is 0.975 bits per heavy atom. The third kappa shape index (κ3) is 7.54. The van der Waals surface area contributed by atoms with Crippen molar-refractivity contribution in [1.29, 1.82) is 0 Å². The molecule has 1 fully saturated rings. The van der Waals surface area contributed by atoms with Crippen molar-refractivity contribution in [3.05, 3.63) is 107 Å². The maximum atomic E-state index is 13.3. The zero-order valence-corrected chi connectivity index (χ0v) is 23.0. The Morgan fingerprint density at radius 2 is 1.68 bits per heavy atom. The second kappa shape index (κ2) is 13.5. The summed E-state index contributed by atoms with van der Waals surface area (Å²) in [5.41, 5.74) is 6.61. The highest BCUT2D eigenvalue weighted by molar-refractivity contribution is 6.03. The number of carbonyl (C=O) groups is 2. The molecule has 1 heterocycles. The molecule has 0 atom stereocenters. The highest BCUT2D eigenvalue weighted by Gasteiger charge is 2.19. The van der Waals surface area contributed by atoms with E-state index >= 15 is 0 Å². The average Bonchev–Trinajstić information content (AvgIpc) is 2.97. The van der Waals surface area contributed by atoms with Crippen LogP contribution in [0.4, 0.5) is 10.1 Å². The summed E-state index contributed by atoms with van der Waals surface area (Å²) in [5.74, 6) is -0.329. The number of methoxy groups -OCH3 is 1. The lowest BCUT2D eigenvalue weighted by Gasteiger charge is -2.36. The Bertz CT molecular complexity index is 1380. The molecule has 0 radical (unpaired) electrons. The van der Waals surface area contributed by atoms with Crippen molar-refractivity contribution >= 4 is 23.7 Å². The van der Waals surface area contributed by atoms with Crippen molar-refractivity contribution in [2.75, 3.05) is 38.2 Å². The maximum absolute atomic E-state index is 13.3. The molecule has 3 aromatic rings. The highest BCUT2D eigenvalue weighted by Crippen LogP contribution is 2.23. The third-order valence-electron chi connectivity index (χ3n) is 6.64. The first-order valence-electron chi connectivity index (χ1n) is 13.1. The number of allylic oxidation sites excluding steroid dienone is 1. The summed E-state index contributed by atoms with van der Waals surface area (Å²) < 4.78 is 18.8. The number of hydrazone groups is 1. The van der Waals surface area contributed by atoms with Crippen molar-refractivity contribution < 1.29 is 18.7 Å². The van der Waals surface area contributed by atoms with Gasteiger partial charge in [-0.2, -0.15) is 5.10 Å². The van der Waals surface area contributed by atoms with Gasteiger partial charge in [-0.15, -0.1) is 0 Å². The number of ether oxygens (including phenoxy) is 1. The molecule has 0 saturated carbocycles. The molecule has 1 aliphatic heterocycles. The first kappa shape index (κ1) is 28.5. The van der Waals surface area contributed by atoms with Crippen LogP contribution in [-0.2, 0) is 11.3 Å². The first-order valence-corrected chi connectivity index (χ1v) is 13.1. The van der Waals surface area contributed by atoms with Crippen molar-refractivity contribution in [2.24, 2.45) is 5.10 Å². The van der Waals surface area contributed by atoms with Crippen LogP contribution < -0.4 is 20.4 Å². The van der Waals surface area contributed by atoms with E-state index in [0.717, 1.165) is 48.7 Å². The summed E-state index contributed by atoms with van der Waals surface area (Å²) in [4.78, 5) is 29.9. The molecule has 0 bridgehead atoms. The van der Waals surface area contributed by atoms with Gasteiger partial charge in [-0.05, 0) is 79.6 Å². The third-order valence-corrected chi connectivity index (χ3v) is 6.64. The summed E-state index contributed by atoms with van der Waals surface area (Å²) in [6.45, 7) is 7.59. The topological polar surface area (TPSA) is 86.3 Å². The quantitative estimate of drug-likeness (QED) is 0.238.